The van der Waals surface area contributed by atoms with Crippen LogP contribution in [0.25, 0.3) is 0 Å². The third kappa shape index (κ3) is 5.03. The highest BCUT2D eigenvalue weighted by Crippen LogP contribution is 2.42. The van der Waals surface area contributed by atoms with Gasteiger partial charge in [0.05, 0.1) is 12.7 Å². The number of rotatable bonds is 5. The van der Waals surface area contributed by atoms with Crippen molar-refractivity contribution in [2.75, 3.05) is 32.1 Å². The number of ether oxygens (including phenoxy) is 1. The highest BCUT2D eigenvalue weighted by molar-refractivity contribution is 5.96. The lowest BCUT2D eigenvalue weighted by molar-refractivity contribution is -0.138. The summed E-state index contributed by atoms with van der Waals surface area (Å²) in [4.78, 5) is 14.4. The van der Waals surface area contributed by atoms with Crippen LogP contribution in [0.3, 0.4) is 0 Å². The van der Waals surface area contributed by atoms with E-state index in [9.17, 15) is 18.0 Å². The highest BCUT2D eigenvalue weighted by atomic mass is 35.5. The molecular formula is C21H24ClF3N2O2. The van der Waals surface area contributed by atoms with E-state index in [1.807, 2.05) is 12.1 Å². The summed E-state index contributed by atoms with van der Waals surface area (Å²) >= 11 is 0. The molecule has 0 bridgehead atoms. The number of halogens is 4. The van der Waals surface area contributed by atoms with Gasteiger partial charge in [-0.15, -0.1) is 12.4 Å². The fourth-order valence-corrected chi connectivity index (χ4v) is 3.66. The van der Waals surface area contributed by atoms with Gasteiger partial charge in [-0.05, 0) is 54.8 Å². The van der Waals surface area contributed by atoms with E-state index in [1.54, 1.807) is 32.4 Å². The lowest BCUT2D eigenvalue weighted by Crippen LogP contribution is -2.36. The Morgan fingerprint density at radius 1 is 1.14 bits per heavy atom. The van der Waals surface area contributed by atoms with Crippen molar-refractivity contribution in [2.24, 2.45) is 0 Å². The van der Waals surface area contributed by atoms with Crippen LogP contribution in [-0.2, 0) is 17.4 Å². The summed E-state index contributed by atoms with van der Waals surface area (Å²) in [6.07, 6.45) is -4.17. The quantitative estimate of drug-likeness (QED) is 0.766. The van der Waals surface area contributed by atoms with E-state index in [1.165, 1.54) is 11.0 Å². The number of carbonyl (C=O) groups excluding carboxylic acids is 1. The molecule has 0 fully saturated rings. The molecule has 158 valence electrons. The number of hydrogen-bond donors (Lipinski definition) is 1. The van der Waals surface area contributed by atoms with Gasteiger partial charge in [-0.3, -0.25) is 4.79 Å². The van der Waals surface area contributed by atoms with E-state index in [0.717, 1.165) is 11.6 Å². The van der Waals surface area contributed by atoms with Gasteiger partial charge in [0, 0.05) is 25.2 Å². The predicted octanol–water partition coefficient (Wildman–Crippen LogP) is 4.42. The van der Waals surface area contributed by atoms with Gasteiger partial charge in [-0.25, -0.2) is 0 Å². The number of benzene rings is 2. The second-order valence-corrected chi connectivity index (χ2v) is 6.83. The van der Waals surface area contributed by atoms with Crippen molar-refractivity contribution >= 4 is 24.0 Å². The lowest BCUT2D eigenvalue weighted by Gasteiger charge is -2.24. The van der Waals surface area contributed by atoms with E-state index >= 15 is 0 Å². The summed E-state index contributed by atoms with van der Waals surface area (Å²) in [5.41, 5.74) is 0.684. The zero-order chi connectivity index (χ0) is 20.3. The molecule has 0 radical (unpaired) electrons. The number of likely N-dealkylation sites (N-methyl/N-ethyl adjacent to an activating group) is 1. The third-order valence-corrected chi connectivity index (χ3v) is 5.09. The molecule has 8 heteroatoms. The molecule has 0 saturated heterocycles. The van der Waals surface area contributed by atoms with Crippen molar-refractivity contribution in [3.63, 3.8) is 0 Å². The van der Waals surface area contributed by atoms with Crippen molar-refractivity contribution in [1.82, 2.24) is 5.32 Å². The van der Waals surface area contributed by atoms with Crippen LogP contribution < -0.4 is 15.0 Å². The van der Waals surface area contributed by atoms with Gasteiger partial charge in [-0.1, -0.05) is 18.2 Å². The number of anilines is 1. The average Bonchev–Trinajstić information content (AvgIpc) is 2.81. The van der Waals surface area contributed by atoms with E-state index in [-0.39, 0.29) is 42.6 Å². The molecule has 0 aliphatic carbocycles. The van der Waals surface area contributed by atoms with Gasteiger partial charge in [0.1, 0.15) is 5.75 Å². The Hall–Kier alpha value is -2.25. The van der Waals surface area contributed by atoms with Crippen molar-refractivity contribution in [3.8, 4) is 5.75 Å². The molecule has 1 atom stereocenters. The summed E-state index contributed by atoms with van der Waals surface area (Å²) < 4.78 is 46.2. The predicted molar refractivity (Wildman–Crippen MR) is 109 cm³/mol. The van der Waals surface area contributed by atoms with Gasteiger partial charge in [0.15, 0.2) is 0 Å². The maximum Gasteiger partial charge on any atom is 0.416 e. The zero-order valence-electron chi connectivity index (χ0n) is 16.3. The minimum atomic E-state index is -4.47. The Labute approximate surface area is 174 Å². The van der Waals surface area contributed by atoms with Crippen LogP contribution in [0.5, 0.6) is 5.75 Å². The van der Waals surface area contributed by atoms with Crippen molar-refractivity contribution in [3.05, 3.63) is 59.2 Å². The Morgan fingerprint density at radius 2 is 1.83 bits per heavy atom. The number of fused-ring (bicyclic) bond motifs is 1. The molecule has 4 nitrogen and oxygen atoms in total. The number of nitrogens with zero attached hydrogens (tertiary/aromatic N) is 1. The average molecular weight is 429 g/mol. The molecule has 1 amide bonds. The molecule has 1 aliphatic rings. The highest BCUT2D eigenvalue weighted by Gasteiger charge is 2.38. The van der Waals surface area contributed by atoms with Crippen LogP contribution in [-0.4, -0.2) is 33.2 Å². The van der Waals surface area contributed by atoms with Crippen LogP contribution in [0.4, 0.5) is 18.9 Å². The van der Waals surface area contributed by atoms with Gasteiger partial charge in [0.2, 0.25) is 5.91 Å². The summed E-state index contributed by atoms with van der Waals surface area (Å²) in [7, 11) is 3.30. The second kappa shape index (κ2) is 9.50. The second-order valence-electron chi connectivity index (χ2n) is 6.83. The van der Waals surface area contributed by atoms with Crippen molar-refractivity contribution in [2.45, 2.75) is 24.9 Å². The first kappa shape index (κ1) is 23.0. The van der Waals surface area contributed by atoms with Crippen molar-refractivity contribution in [1.29, 1.82) is 0 Å². The van der Waals surface area contributed by atoms with Gasteiger partial charge in [0.25, 0.3) is 0 Å². The molecule has 0 saturated carbocycles. The number of hydrogen-bond acceptors (Lipinski definition) is 3. The smallest absolute Gasteiger partial charge is 0.416 e. The first-order valence-electron chi connectivity index (χ1n) is 9.13. The van der Waals surface area contributed by atoms with Crippen molar-refractivity contribution < 1.29 is 22.7 Å². The van der Waals surface area contributed by atoms with E-state index < -0.39 is 11.7 Å². The maximum atomic E-state index is 13.7. The van der Waals surface area contributed by atoms with Crippen LogP contribution >= 0.6 is 12.4 Å². The SMILES string of the molecule is CNCCN1C(=O)CC(c2ccc(OC)cc2)Cc2c1cccc2C(F)(F)F.Cl. The normalized spacial score (nSPS) is 16.7. The van der Waals surface area contributed by atoms with Crippen LogP contribution in [0.1, 0.15) is 29.0 Å². The molecule has 3 rings (SSSR count). The van der Waals surface area contributed by atoms with Crippen LogP contribution in [0.2, 0.25) is 0 Å². The molecule has 1 unspecified atom stereocenters. The molecular weight excluding hydrogens is 405 g/mol. The number of methoxy groups -OCH3 is 1. The molecule has 0 spiro atoms. The standard InChI is InChI=1S/C21H23F3N2O2.ClH/c1-25-10-11-26-19-5-3-4-18(21(22,23)24)17(19)12-15(13-20(26)27)14-6-8-16(28-2)9-7-14;/h3-9,15,25H,10-13H2,1-2H3;1H. The Kier molecular flexibility index (Phi) is 7.54. The first-order chi connectivity index (χ1) is 13.3. The number of amides is 1. The number of alkyl halides is 3. The molecule has 29 heavy (non-hydrogen) atoms. The molecule has 2 aromatic carbocycles. The Balaban J connectivity index is 0.00000300. The minimum Gasteiger partial charge on any atom is -0.497 e. The largest absolute Gasteiger partial charge is 0.497 e. The Morgan fingerprint density at radius 3 is 2.41 bits per heavy atom. The van der Waals surface area contributed by atoms with Gasteiger partial charge in [-0.2, -0.15) is 13.2 Å². The fourth-order valence-electron chi connectivity index (χ4n) is 3.66. The molecule has 0 aromatic heterocycles. The zero-order valence-corrected chi connectivity index (χ0v) is 17.1. The number of carbonyl (C=O) groups is 1. The monoisotopic (exact) mass is 428 g/mol. The summed E-state index contributed by atoms with van der Waals surface area (Å²) in [6, 6.07) is 11.2. The van der Waals surface area contributed by atoms with E-state index in [0.29, 0.717) is 24.5 Å². The fraction of sp³-hybridized carbons (Fsp3) is 0.381. The van der Waals surface area contributed by atoms with Crippen LogP contribution in [0.15, 0.2) is 42.5 Å². The molecule has 2 aromatic rings. The molecule has 1 heterocycles. The third-order valence-electron chi connectivity index (χ3n) is 5.09. The topological polar surface area (TPSA) is 41.6 Å². The van der Waals surface area contributed by atoms with E-state index in [2.05, 4.69) is 5.32 Å². The van der Waals surface area contributed by atoms with Gasteiger partial charge < -0.3 is 15.0 Å². The molecule has 1 aliphatic heterocycles. The van der Waals surface area contributed by atoms with E-state index in [4.69, 9.17) is 4.74 Å². The van der Waals surface area contributed by atoms with Gasteiger partial charge >= 0.3 is 6.18 Å². The van der Waals surface area contributed by atoms with Crippen LogP contribution in [0, 0.1) is 0 Å². The summed E-state index contributed by atoms with van der Waals surface area (Å²) in [6.45, 7) is 0.813. The maximum absolute atomic E-state index is 13.7. The summed E-state index contributed by atoms with van der Waals surface area (Å²) in [5, 5.41) is 2.96. The molecule has 1 N–H and O–H groups in total. The Bertz CT molecular complexity index is 841. The number of nitrogens with one attached hydrogen (secondary N) is 1. The minimum absolute atomic E-state index is 0. The lowest BCUT2D eigenvalue weighted by atomic mass is 9.88. The summed E-state index contributed by atoms with van der Waals surface area (Å²) in [5.74, 6) is 0.158. The first-order valence-corrected chi connectivity index (χ1v) is 9.13.